The summed E-state index contributed by atoms with van der Waals surface area (Å²) in [5.74, 6) is 1.64. The van der Waals surface area contributed by atoms with E-state index in [2.05, 4.69) is 31.3 Å². The molecule has 0 radical (unpaired) electrons. The summed E-state index contributed by atoms with van der Waals surface area (Å²) < 4.78 is 0. The molecule has 3 rings (SSSR count). The quantitative estimate of drug-likeness (QED) is 0.564. The van der Waals surface area contributed by atoms with E-state index in [1.165, 1.54) is 32.4 Å². The van der Waals surface area contributed by atoms with Crippen LogP contribution in [0.3, 0.4) is 0 Å². The first-order valence-electron chi connectivity index (χ1n) is 5.53. The van der Waals surface area contributed by atoms with Crippen LogP contribution in [0.25, 0.3) is 0 Å². The van der Waals surface area contributed by atoms with Gasteiger partial charge in [0.15, 0.2) is 0 Å². The van der Waals surface area contributed by atoms with Gasteiger partial charge in [-0.05, 0) is 43.1 Å². The van der Waals surface area contributed by atoms with Crippen LogP contribution in [0.15, 0.2) is 12.2 Å². The number of rotatable bonds is 0. The fourth-order valence-corrected chi connectivity index (χ4v) is 2.96. The lowest BCUT2D eigenvalue weighted by atomic mass is 9.72. The SMILES string of the molecule is CC1(C)CC2/C=C\CC(CNC2)C1. The van der Waals surface area contributed by atoms with Crippen LogP contribution in [-0.4, -0.2) is 13.1 Å². The number of hydrogen-bond acceptors (Lipinski definition) is 1. The van der Waals surface area contributed by atoms with Gasteiger partial charge in [0.1, 0.15) is 0 Å². The lowest BCUT2D eigenvalue weighted by molar-refractivity contribution is 0.189. The van der Waals surface area contributed by atoms with Gasteiger partial charge >= 0.3 is 0 Å². The van der Waals surface area contributed by atoms with Gasteiger partial charge in [-0.1, -0.05) is 26.0 Å². The standard InChI is InChI=1S/C12H21N/c1-12(2)6-10-4-3-5-11(7-12)9-13-8-10/h3-4,10-11,13H,5-9H2,1-2H3/b4-3-. The van der Waals surface area contributed by atoms with E-state index < -0.39 is 0 Å². The first kappa shape index (κ1) is 9.26. The first-order valence-corrected chi connectivity index (χ1v) is 5.53. The van der Waals surface area contributed by atoms with Crippen molar-refractivity contribution >= 4 is 0 Å². The molecule has 0 aromatic heterocycles. The largest absolute Gasteiger partial charge is 0.316 e. The molecule has 1 nitrogen and oxygen atoms in total. The Bertz CT molecular complexity index is 205. The molecule has 0 aromatic carbocycles. The first-order chi connectivity index (χ1) is 6.16. The van der Waals surface area contributed by atoms with Gasteiger partial charge in [-0.3, -0.25) is 0 Å². The maximum atomic E-state index is 3.58. The Balaban J connectivity index is 2.18. The van der Waals surface area contributed by atoms with E-state index in [4.69, 9.17) is 0 Å². The van der Waals surface area contributed by atoms with Gasteiger partial charge in [0.05, 0.1) is 0 Å². The van der Waals surface area contributed by atoms with Crippen molar-refractivity contribution in [2.75, 3.05) is 13.1 Å². The molecule has 0 saturated carbocycles. The Labute approximate surface area is 81.6 Å². The van der Waals surface area contributed by atoms with Crippen molar-refractivity contribution in [2.45, 2.75) is 33.1 Å². The zero-order valence-corrected chi connectivity index (χ0v) is 8.84. The average molecular weight is 179 g/mol. The van der Waals surface area contributed by atoms with Crippen molar-refractivity contribution in [1.82, 2.24) is 5.32 Å². The van der Waals surface area contributed by atoms with Gasteiger partial charge in [-0.15, -0.1) is 0 Å². The summed E-state index contributed by atoms with van der Waals surface area (Å²) in [4.78, 5) is 0. The molecule has 1 aliphatic carbocycles. The highest BCUT2D eigenvalue weighted by Crippen LogP contribution is 2.37. The molecule has 2 aliphatic heterocycles. The third-order valence-electron chi connectivity index (χ3n) is 3.37. The van der Waals surface area contributed by atoms with E-state index in [0.29, 0.717) is 5.41 Å². The van der Waals surface area contributed by atoms with E-state index in [9.17, 15) is 0 Å². The maximum Gasteiger partial charge on any atom is 0.00145 e. The van der Waals surface area contributed by atoms with E-state index >= 15 is 0 Å². The van der Waals surface area contributed by atoms with Crippen molar-refractivity contribution < 1.29 is 0 Å². The topological polar surface area (TPSA) is 12.0 Å². The molecule has 2 heterocycles. The number of nitrogens with one attached hydrogen (secondary N) is 1. The van der Waals surface area contributed by atoms with Crippen LogP contribution in [0.4, 0.5) is 0 Å². The zero-order chi connectivity index (χ0) is 9.31. The Morgan fingerprint density at radius 1 is 1.23 bits per heavy atom. The summed E-state index contributed by atoms with van der Waals surface area (Å²) in [6.07, 6.45) is 8.87. The van der Waals surface area contributed by atoms with Crippen LogP contribution in [0, 0.1) is 17.3 Å². The smallest absolute Gasteiger partial charge is 0.00145 e. The van der Waals surface area contributed by atoms with Crippen LogP contribution >= 0.6 is 0 Å². The van der Waals surface area contributed by atoms with Crippen LogP contribution in [0.5, 0.6) is 0 Å². The Morgan fingerprint density at radius 2 is 2.08 bits per heavy atom. The van der Waals surface area contributed by atoms with E-state index in [1.807, 2.05) is 0 Å². The molecule has 0 amide bonds. The molecular weight excluding hydrogens is 158 g/mol. The van der Waals surface area contributed by atoms with Gasteiger partial charge in [0, 0.05) is 6.54 Å². The van der Waals surface area contributed by atoms with Gasteiger partial charge < -0.3 is 5.32 Å². The molecule has 1 saturated heterocycles. The summed E-state index contributed by atoms with van der Waals surface area (Å²) >= 11 is 0. The summed E-state index contributed by atoms with van der Waals surface area (Å²) in [5.41, 5.74) is 0.558. The highest BCUT2D eigenvalue weighted by atomic mass is 14.9. The van der Waals surface area contributed by atoms with Gasteiger partial charge in [-0.25, -0.2) is 0 Å². The molecule has 2 atom stereocenters. The van der Waals surface area contributed by atoms with E-state index in [0.717, 1.165) is 11.8 Å². The molecule has 3 aliphatic rings. The second-order valence-corrected chi connectivity index (χ2v) is 5.52. The average Bonchev–Trinajstić information content (AvgIpc) is 1.93. The molecule has 2 unspecified atom stereocenters. The van der Waals surface area contributed by atoms with Crippen molar-refractivity contribution in [2.24, 2.45) is 17.3 Å². The molecule has 1 heteroatoms. The molecule has 74 valence electrons. The fourth-order valence-electron chi connectivity index (χ4n) is 2.96. The Hall–Kier alpha value is -0.300. The highest BCUT2D eigenvalue weighted by Gasteiger charge is 2.29. The molecule has 1 fully saturated rings. The fraction of sp³-hybridized carbons (Fsp3) is 0.833. The zero-order valence-electron chi connectivity index (χ0n) is 8.84. The lowest BCUT2D eigenvalue weighted by Crippen LogP contribution is -2.37. The van der Waals surface area contributed by atoms with Gasteiger partial charge in [0.2, 0.25) is 0 Å². The Morgan fingerprint density at radius 3 is 2.92 bits per heavy atom. The van der Waals surface area contributed by atoms with E-state index in [1.54, 1.807) is 0 Å². The van der Waals surface area contributed by atoms with E-state index in [-0.39, 0.29) is 0 Å². The Kier molecular flexibility index (Phi) is 2.46. The number of hydrogen-bond donors (Lipinski definition) is 1. The minimum Gasteiger partial charge on any atom is -0.316 e. The monoisotopic (exact) mass is 179 g/mol. The molecule has 2 bridgehead atoms. The van der Waals surface area contributed by atoms with Crippen LogP contribution in [-0.2, 0) is 0 Å². The predicted molar refractivity (Wildman–Crippen MR) is 56.6 cm³/mol. The number of fused-ring (bicyclic) bond motifs is 5. The van der Waals surface area contributed by atoms with Crippen LogP contribution in [0.2, 0.25) is 0 Å². The van der Waals surface area contributed by atoms with Gasteiger partial charge in [-0.2, -0.15) is 0 Å². The predicted octanol–water partition coefficient (Wildman–Crippen LogP) is 2.59. The second-order valence-electron chi connectivity index (χ2n) is 5.52. The molecule has 13 heavy (non-hydrogen) atoms. The third kappa shape index (κ3) is 2.34. The molecule has 0 aromatic rings. The van der Waals surface area contributed by atoms with Crippen molar-refractivity contribution in [3.63, 3.8) is 0 Å². The van der Waals surface area contributed by atoms with Crippen molar-refractivity contribution in [3.8, 4) is 0 Å². The third-order valence-corrected chi connectivity index (χ3v) is 3.37. The summed E-state index contributed by atoms with van der Waals surface area (Å²) in [5, 5.41) is 3.58. The summed E-state index contributed by atoms with van der Waals surface area (Å²) in [6.45, 7) is 7.27. The summed E-state index contributed by atoms with van der Waals surface area (Å²) in [6, 6.07) is 0. The molecular formula is C12H21N. The van der Waals surface area contributed by atoms with Crippen molar-refractivity contribution in [3.05, 3.63) is 12.2 Å². The number of allylic oxidation sites excluding steroid dienone is 1. The second kappa shape index (κ2) is 3.45. The normalized spacial score (nSPS) is 40.5. The van der Waals surface area contributed by atoms with Crippen LogP contribution < -0.4 is 5.32 Å². The highest BCUT2D eigenvalue weighted by molar-refractivity contribution is 4.98. The van der Waals surface area contributed by atoms with Crippen molar-refractivity contribution in [1.29, 1.82) is 0 Å². The maximum absolute atomic E-state index is 3.58. The minimum atomic E-state index is 0.558. The van der Waals surface area contributed by atoms with Gasteiger partial charge in [0.25, 0.3) is 0 Å². The molecule has 1 N–H and O–H groups in total. The molecule has 0 spiro atoms. The van der Waals surface area contributed by atoms with Crippen LogP contribution in [0.1, 0.15) is 33.1 Å². The summed E-state index contributed by atoms with van der Waals surface area (Å²) in [7, 11) is 0. The minimum absolute atomic E-state index is 0.558. The lowest BCUT2D eigenvalue weighted by Gasteiger charge is -2.37.